The number of hydrogen-bond acceptors (Lipinski definition) is 4. The van der Waals surface area contributed by atoms with E-state index in [1.54, 1.807) is 0 Å². The molecule has 0 radical (unpaired) electrons. The largest absolute Gasteiger partial charge is 0.445 e. The fourth-order valence-corrected chi connectivity index (χ4v) is 3.31. The molecule has 0 atom stereocenters. The van der Waals surface area contributed by atoms with Gasteiger partial charge in [-0.2, -0.15) is 0 Å². The summed E-state index contributed by atoms with van der Waals surface area (Å²) in [5, 5.41) is 9.03. The maximum absolute atomic E-state index is 12.6. The Morgan fingerprint density at radius 3 is 2.39 bits per heavy atom. The number of amides is 1. The lowest BCUT2D eigenvalue weighted by Crippen LogP contribution is -2.49. The molecule has 1 amide bonds. The van der Waals surface area contributed by atoms with Crippen LogP contribution < -0.4 is 0 Å². The molecule has 1 aliphatic heterocycles. The topological polar surface area (TPSA) is 53.0 Å². The third-order valence-corrected chi connectivity index (χ3v) is 4.72. The van der Waals surface area contributed by atoms with Crippen molar-refractivity contribution in [2.75, 3.05) is 26.2 Å². The van der Waals surface area contributed by atoms with Crippen molar-refractivity contribution in [3.8, 4) is 0 Å². The van der Waals surface area contributed by atoms with Crippen LogP contribution in [0.25, 0.3) is 0 Å². The predicted molar refractivity (Wildman–Crippen MR) is 88.0 cm³/mol. The van der Waals surface area contributed by atoms with Gasteiger partial charge in [0.2, 0.25) is 0 Å². The van der Waals surface area contributed by atoms with Gasteiger partial charge in [0, 0.05) is 31.7 Å². The quantitative estimate of drug-likeness (QED) is 0.874. The van der Waals surface area contributed by atoms with Crippen LogP contribution in [0, 0.1) is 0 Å². The average Bonchev–Trinajstić information content (AvgIpc) is 3.41. The molecular formula is C18H26N2O3. The summed E-state index contributed by atoms with van der Waals surface area (Å²) in [5.74, 6) is 0. The third kappa shape index (κ3) is 4.45. The molecule has 126 valence electrons. The summed E-state index contributed by atoms with van der Waals surface area (Å²) in [4.78, 5) is 16.8. The molecule has 1 heterocycles. The van der Waals surface area contributed by atoms with E-state index < -0.39 is 0 Å². The van der Waals surface area contributed by atoms with E-state index >= 15 is 0 Å². The molecule has 5 nitrogen and oxygen atoms in total. The van der Waals surface area contributed by atoms with E-state index in [4.69, 9.17) is 9.84 Å². The molecule has 1 aliphatic carbocycles. The number of rotatable bonds is 6. The first-order valence-electron chi connectivity index (χ1n) is 8.60. The summed E-state index contributed by atoms with van der Waals surface area (Å²) in [6, 6.07) is 10.5. The summed E-state index contributed by atoms with van der Waals surface area (Å²) in [5.41, 5.74) is 1.02. The van der Waals surface area contributed by atoms with Crippen LogP contribution in [0.4, 0.5) is 4.79 Å². The number of piperidine rings is 1. The minimum Gasteiger partial charge on any atom is -0.445 e. The molecule has 5 heteroatoms. The van der Waals surface area contributed by atoms with Crippen molar-refractivity contribution < 1.29 is 14.6 Å². The number of β-amino-alcohol motifs (C(OH)–C–C–N with tert-alkyl or cyclic N) is 1. The number of carbonyl (C=O) groups excluding carboxylic acids is 1. The Kier molecular flexibility index (Phi) is 5.51. The zero-order valence-electron chi connectivity index (χ0n) is 13.6. The van der Waals surface area contributed by atoms with Gasteiger partial charge in [-0.15, -0.1) is 0 Å². The van der Waals surface area contributed by atoms with E-state index in [2.05, 4.69) is 4.90 Å². The van der Waals surface area contributed by atoms with Crippen molar-refractivity contribution in [3.05, 3.63) is 35.9 Å². The number of carbonyl (C=O) groups is 1. The Morgan fingerprint density at radius 2 is 1.78 bits per heavy atom. The Balaban J connectivity index is 1.53. The Morgan fingerprint density at radius 1 is 1.13 bits per heavy atom. The lowest BCUT2D eigenvalue weighted by Gasteiger charge is -2.38. The van der Waals surface area contributed by atoms with E-state index in [9.17, 15) is 4.79 Å². The Hall–Kier alpha value is -1.59. The highest BCUT2D eigenvalue weighted by atomic mass is 16.6. The normalized spacial score (nSPS) is 19.5. The van der Waals surface area contributed by atoms with Gasteiger partial charge >= 0.3 is 6.09 Å². The van der Waals surface area contributed by atoms with Crippen LogP contribution in [0.3, 0.4) is 0 Å². The van der Waals surface area contributed by atoms with Gasteiger partial charge in [0.1, 0.15) is 6.61 Å². The molecule has 1 saturated carbocycles. The van der Waals surface area contributed by atoms with E-state index in [1.807, 2.05) is 35.2 Å². The van der Waals surface area contributed by atoms with Gasteiger partial charge < -0.3 is 19.6 Å². The number of aliphatic hydroxyl groups is 1. The number of aliphatic hydroxyl groups excluding tert-OH is 1. The Bertz CT molecular complexity index is 496. The summed E-state index contributed by atoms with van der Waals surface area (Å²) >= 11 is 0. The van der Waals surface area contributed by atoms with E-state index in [0.29, 0.717) is 12.6 Å². The third-order valence-electron chi connectivity index (χ3n) is 4.72. The fraction of sp³-hybridized carbons (Fsp3) is 0.611. The Labute approximate surface area is 137 Å². The molecular weight excluding hydrogens is 292 g/mol. The van der Waals surface area contributed by atoms with Gasteiger partial charge in [-0.25, -0.2) is 4.79 Å². The second kappa shape index (κ2) is 7.79. The van der Waals surface area contributed by atoms with Crippen LogP contribution in [0.15, 0.2) is 30.3 Å². The lowest BCUT2D eigenvalue weighted by atomic mass is 10.0. The van der Waals surface area contributed by atoms with Crippen molar-refractivity contribution in [2.24, 2.45) is 0 Å². The standard InChI is InChI=1S/C18H26N2O3/c21-13-12-19-10-8-17(9-11-19)20(16-6-7-16)18(22)23-14-15-4-2-1-3-5-15/h1-5,16-17,21H,6-14H2. The van der Waals surface area contributed by atoms with Crippen LogP contribution in [-0.4, -0.2) is 59.3 Å². The maximum Gasteiger partial charge on any atom is 0.410 e. The van der Waals surface area contributed by atoms with Crippen molar-refractivity contribution in [2.45, 2.75) is 44.4 Å². The van der Waals surface area contributed by atoms with Crippen LogP contribution in [0.1, 0.15) is 31.2 Å². The zero-order chi connectivity index (χ0) is 16.1. The van der Waals surface area contributed by atoms with Gasteiger partial charge in [0.15, 0.2) is 0 Å². The second-order valence-corrected chi connectivity index (χ2v) is 6.48. The van der Waals surface area contributed by atoms with E-state index in [1.165, 1.54) is 0 Å². The molecule has 0 bridgehead atoms. The van der Waals surface area contributed by atoms with Crippen LogP contribution in [0.5, 0.6) is 0 Å². The van der Waals surface area contributed by atoms with Crippen molar-refractivity contribution in [1.82, 2.24) is 9.80 Å². The summed E-state index contributed by atoms with van der Waals surface area (Å²) in [7, 11) is 0. The first-order chi connectivity index (χ1) is 11.3. The molecule has 1 aromatic rings. The van der Waals surface area contributed by atoms with Gasteiger partial charge in [-0.1, -0.05) is 30.3 Å². The molecule has 0 spiro atoms. The molecule has 0 aromatic heterocycles. The number of ether oxygens (including phenoxy) is 1. The second-order valence-electron chi connectivity index (χ2n) is 6.48. The van der Waals surface area contributed by atoms with Crippen molar-refractivity contribution in [1.29, 1.82) is 0 Å². The molecule has 3 rings (SSSR count). The molecule has 1 N–H and O–H groups in total. The number of hydrogen-bond donors (Lipinski definition) is 1. The highest BCUT2D eigenvalue weighted by molar-refractivity contribution is 5.69. The summed E-state index contributed by atoms with van der Waals surface area (Å²) < 4.78 is 5.55. The van der Waals surface area contributed by atoms with Crippen LogP contribution in [0.2, 0.25) is 0 Å². The minimum absolute atomic E-state index is 0.169. The molecule has 2 fully saturated rings. The number of benzene rings is 1. The summed E-state index contributed by atoms with van der Waals surface area (Å²) in [6.45, 7) is 3.16. The van der Waals surface area contributed by atoms with Crippen molar-refractivity contribution >= 4 is 6.09 Å². The smallest absolute Gasteiger partial charge is 0.410 e. The predicted octanol–water partition coefficient (Wildman–Crippen LogP) is 2.24. The first-order valence-corrected chi connectivity index (χ1v) is 8.60. The number of likely N-dealkylation sites (tertiary alicyclic amines) is 1. The monoisotopic (exact) mass is 318 g/mol. The highest BCUT2D eigenvalue weighted by Gasteiger charge is 2.39. The average molecular weight is 318 g/mol. The molecule has 23 heavy (non-hydrogen) atoms. The van der Waals surface area contributed by atoms with Gasteiger partial charge in [-0.3, -0.25) is 0 Å². The lowest BCUT2D eigenvalue weighted by molar-refractivity contribution is 0.0542. The van der Waals surface area contributed by atoms with Crippen LogP contribution >= 0.6 is 0 Å². The van der Waals surface area contributed by atoms with E-state index in [0.717, 1.165) is 50.9 Å². The molecule has 0 unspecified atom stereocenters. The van der Waals surface area contributed by atoms with Gasteiger partial charge in [-0.05, 0) is 31.2 Å². The molecule has 2 aliphatic rings. The van der Waals surface area contributed by atoms with Crippen molar-refractivity contribution in [3.63, 3.8) is 0 Å². The van der Waals surface area contributed by atoms with Gasteiger partial charge in [0.05, 0.1) is 6.61 Å². The molecule has 1 aromatic carbocycles. The van der Waals surface area contributed by atoms with Gasteiger partial charge in [0.25, 0.3) is 0 Å². The fourth-order valence-electron chi connectivity index (χ4n) is 3.31. The summed E-state index contributed by atoms with van der Waals surface area (Å²) in [6.07, 6.45) is 3.96. The van der Waals surface area contributed by atoms with E-state index in [-0.39, 0.29) is 18.7 Å². The maximum atomic E-state index is 12.6. The first kappa shape index (κ1) is 16.3. The minimum atomic E-state index is -0.169. The number of nitrogens with zero attached hydrogens (tertiary/aromatic N) is 2. The SMILES string of the molecule is O=C(OCc1ccccc1)N(C1CC1)C1CCN(CCO)CC1. The highest BCUT2D eigenvalue weighted by Crippen LogP contribution is 2.32. The molecule has 1 saturated heterocycles. The van der Waals surface area contributed by atoms with Crippen LogP contribution in [-0.2, 0) is 11.3 Å². The zero-order valence-corrected chi connectivity index (χ0v) is 13.6.